The van der Waals surface area contributed by atoms with Crippen LogP contribution in [0.2, 0.25) is 0 Å². The zero-order valence-electron chi connectivity index (χ0n) is 9.31. The molecule has 0 aromatic carbocycles. The lowest BCUT2D eigenvalue weighted by Crippen LogP contribution is -1.98. The number of nitrogens with zero attached hydrogens (tertiary/aromatic N) is 2. The number of unbranched alkanes of at least 4 members (excludes halogenated alkanes) is 1. The average Bonchev–Trinajstić information content (AvgIpc) is 2.79. The van der Waals surface area contributed by atoms with Crippen LogP contribution in [0.5, 0.6) is 0 Å². The van der Waals surface area contributed by atoms with Crippen molar-refractivity contribution in [2.45, 2.75) is 19.8 Å². The Kier molecular flexibility index (Phi) is 3.88. The van der Waals surface area contributed by atoms with Crippen molar-refractivity contribution in [3.8, 4) is 10.6 Å². The summed E-state index contributed by atoms with van der Waals surface area (Å²) >= 11 is 1.67. The van der Waals surface area contributed by atoms with E-state index >= 15 is 0 Å². The molecule has 16 heavy (non-hydrogen) atoms. The molecule has 84 valence electrons. The van der Waals surface area contributed by atoms with Crippen LogP contribution in [0.3, 0.4) is 0 Å². The van der Waals surface area contributed by atoms with Crippen molar-refractivity contribution in [1.82, 2.24) is 9.97 Å². The Morgan fingerprint density at radius 1 is 1.38 bits per heavy atom. The van der Waals surface area contributed by atoms with Crippen LogP contribution >= 0.6 is 11.3 Å². The summed E-state index contributed by atoms with van der Waals surface area (Å²) in [6.45, 7) is 3.21. The Balaban J connectivity index is 2.02. The van der Waals surface area contributed by atoms with Gasteiger partial charge < -0.3 is 5.32 Å². The van der Waals surface area contributed by atoms with Crippen molar-refractivity contribution >= 4 is 16.3 Å². The molecule has 0 saturated heterocycles. The molecule has 0 atom stereocenters. The first kappa shape index (κ1) is 11.1. The van der Waals surface area contributed by atoms with E-state index < -0.39 is 0 Å². The number of nitrogens with one attached hydrogen (secondary N) is 1. The third-order valence-corrected chi connectivity index (χ3v) is 3.25. The van der Waals surface area contributed by atoms with Crippen LogP contribution in [0.1, 0.15) is 19.8 Å². The second kappa shape index (κ2) is 5.61. The molecule has 0 saturated carbocycles. The highest BCUT2D eigenvalue weighted by atomic mass is 32.1. The number of aromatic nitrogens is 2. The molecule has 0 amide bonds. The van der Waals surface area contributed by atoms with Crippen LogP contribution in [0.4, 0.5) is 5.00 Å². The summed E-state index contributed by atoms with van der Waals surface area (Å²) in [6, 6.07) is 3.96. The molecule has 2 rings (SSSR count). The summed E-state index contributed by atoms with van der Waals surface area (Å²) in [5.41, 5.74) is 1.08. The van der Waals surface area contributed by atoms with Gasteiger partial charge in [-0.3, -0.25) is 4.98 Å². The van der Waals surface area contributed by atoms with E-state index in [9.17, 15) is 0 Å². The predicted molar refractivity (Wildman–Crippen MR) is 68.7 cm³/mol. The van der Waals surface area contributed by atoms with Gasteiger partial charge >= 0.3 is 0 Å². The van der Waals surface area contributed by atoms with Gasteiger partial charge in [-0.1, -0.05) is 24.7 Å². The highest BCUT2D eigenvalue weighted by Gasteiger charge is 2.03. The van der Waals surface area contributed by atoms with E-state index in [1.54, 1.807) is 17.5 Å². The normalized spacial score (nSPS) is 10.3. The van der Waals surface area contributed by atoms with Crippen molar-refractivity contribution in [2.75, 3.05) is 11.9 Å². The van der Waals surface area contributed by atoms with Gasteiger partial charge in [-0.15, -0.1) is 0 Å². The molecule has 0 fully saturated rings. The predicted octanol–water partition coefficient (Wildman–Crippen LogP) is 3.42. The van der Waals surface area contributed by atoms with Crippen molar-refractivity contribution in [2.24, 2.45) is 0 Å². The van der Waals surface area contributed by atoms with Gasteiger partial charge in [0.2, 0.25) is 0 Å². The topological polar surface area (TPSA) is 37.8 Å². The number of rotatable bonds is 5. The number of anilines is 1. The minimum Gasteiger partial charge on any atom is -0.376 e. The van der Waals surface area contributed by atoms with Crippen molar-refractivity contribution in [3.63, 3.8) is 0 Å². The van der Waals surface area contributed by atoms with Gasteiger partial charge in [0.15, 0.2) is 0 Å². The van der Waals surface area contributed by atoms with Gasteiger partial charge in [0.05, 0.1) is 6.20 Å². The summed E-state index contributed by atoms with van der Waals surface area (Å²) in [5.74, 6) is 0. The standard InChI is InChI=1S/C12H15N3S/c1-2-3-7-14-11-9-15-12(16-11)10-5-4-6-13-8-10/h4-6,8-9,14H,2-3,7H2,1H3. The van der Waals surface area contributed by atoms with Crippen LogP contribution in [0.25, 0.3) is 10.6 Å². The van der Waals surface area contributed by atoms with E-state index in [1.807, 2.05) is 24.5 Å². The molecule has 4 heteroatoms. The molecular weight excluding hydrogens is 218 g/mol. The fraction of sp³-hybridized carbons (Fsp3) is 0.333. The molecule has 3 nitrogen and oxygen atoms in total. The van der Waals surface area contributed by atoms with Crippen LogP contribution in [-0.2, 0) is 0 Å². The Labute approximate surface area is 99.6 Å². The van der Waals surface area contributed by atoms with Gasteiger partial charge in [-0.05, 0) is 18.6 Å². The van der Waals surface area contributed by atoms with Crippen molar-refractivity contribution in [1.29, 1.82) is 0 Å². The average molecular weight is 233 g/mol. The zero-order valence-corrected chi connectivity index (χ0v) is 10.1. The maximum absolute atomic E-state index is 4.38. The monoisotopic (exact) mass is 233 g/mol. The fourth-order valence-corrected chi connectivity index (χ4v) is 2.20. The summed E-state index contributed by atoms with van der Waals surface area (Å²) in [4.78, 5) is 8.47. The minimum atomic E-state index is 1.02. The van der Waals surface area contributed by atoms with Gasteiger partial charge in [0, 0.05) is 24.5 Å². The molecule has 0 spiro atoms. The molecule has 2 aromatic heterocycles. The quantitative estimate of drug-likeness (QED) is 0.804. The van der Waals surface area contributed by atoms with Crippen LogP contribution in [0.15, 0.2) is 30.7 Å². The van der Waals surface area contributed by atoms with E-state index in [0.717, 1.165) is 22.1 Å². The number of hydrogen-bond donors (Lipinski definition) is 1. The Morgan fingerprint density at radius 3 is 3.06 bits per heavy atom. The van der Waals surface area contributed by atoms with Gasteiger partial charge in [-0.25, -0.2) is 4.98 Å². The molecule has 0 bridgehead atoms. The number of hydrogen-bond acceptors (Lipinski definition) is 4. The van der Waals surface area contributed by atoms with E-state index in [1.165, 1.54) is 12.8 Å². The molecule has 1 N–H and O–H groups in total. The van der Waals surface area contributed by atoms with E-state index in [2.05, 4.69) is 22.2 Å². The SMILES string of the molecule is CCCCNc1cnc(-c2cccnc2)s1. The largest absolute Gasteiger partial charge is 0.376 e. The van der Waals surface area contributed by atoms with Gasteiger partial charge in [0.1, 0.15) is 10.0 Å². The molecule has 2 aromatic rings. The molecule has 0 aliphatic rings. The Hall–Kier alpha value is -1.42. The highest BCUT2D eigenvalue weighted by molar-refractivity contribution is 7.18. The van der Waals surface area contributed by atoms with Crippen LogP contribution in [0, 0.1) is 0 Å². The first-order valence-electron chi connectivity index (χ1n) is 5.50. The molecular formula is C12H15N3S. The smallest absolute Gasteiger partial charge is 0.126 e. The molecule has 0 unspecified atom stereocenters. The van der Waals surface area contributed by atoms with Gasteiger partial charge in [-0.2, -0.15) is 0 Å². The van der Waals surface area contributed by atoms with Crippen LogP contribution < -0.4 is 5.32 Å². The number of pyridine rings is 1. The highest BCUT2D eigenvalue weighted by Crippen LogP contribution is 2.27. The van der Waals surface area contributed by atoms with Gasteiger partial charge in [0.25, 0.3) is 0 Å². The second-order valence-corrected chi connectivity index (χ2v) is 4.58. The van der Waals surface area contributed by atoms with E-state index in [-0.39, 0.29) is 0 Å². The van der Waals surface area contributed by atoms with Crippen LogP contribution in [-0.4, -0.2) is 16.5 Å². The maximum Gasteiger partial charge on any atom is 0.126 e. The third kappa shape index (κ3) is 2.79. The molecule has 0 aliphatic heterocycles. The summed E-state index contributed by atoms with van der Waals surface area (Å²) in [7, 11) is 0. The summed E-state index contributed by atoms with van der Waals surface area (Å²) in [6.07, 6.45) is 7.91. The zero-order chi connectivity index (χ0) is 11.2. The molecule has 0 radical (unpaired) electrons. The third-order valence-electron chi connectivity index (χ3n) is 2.24. The molecule has 2 heterocycles. The second-order valence-electron chi connectivity index (χ2n) is 3.55. The first-order chi connectivity index (χ1) is 7.90. The lowest BCUT2D eigenvalue weighted by atomic mass is 10.3. The first-order valence-corrected chi connectivity index (χ1v) is 6.32. The Morgan fingerprint density at radius 2 is 2.31 bits per heavy atom. The molecule has 0 aliphatic carbocycles. The fourth-order valence-electron chi connectivity index (χ4n) is 1.37. The minimum absolute atomic E-state index is 1.02. The Bertz CT molecular complexity index is 425. The van der Waals surface area contributed by atoms with Crippen molar-refractivity contribution in [3.05, 3.63) is 30.7 Å². The van der Waals surface area contributed by atoms with Crippen molar-refractivity contribution < 1.29 is 0 Å². The summed E-state index contributed by atoms with van der Waals surface area (Å²) < 4.78 is 0. The lowest BCUT2D eigenvalue weighted by Gasteiger charge is -1.99. The number of thiazole rings is 1. The van der Waals surface area contributed by atoms with E-state index in [0.29, 0.717) is 0 Å². The lowest BCUT2D eigenvalue weighted by molar-refractivity contribution is 0.835. The van der Waals surface area contributed by atoms with E-state index in [4.69, 9.17) is 0 Å². The maximum atomic E-state index is 4.38. The summed E-state index contributed by atoms with van der Waals surface area (Å²) in [5, 5.41) is 5.52.